The average molecular weight is 323 g/mol. The van der Waals surface area contributed by atoms with Crippen LogP contribution in [0.2, 0.25) is 0 Å². The number of anilines is 1. The third-order valence-corrected chi connectivity index (χ3v) is 4.07. The molecule has 1 aromatic carbocycles. The smallest absolute Gasteiger partial charge is 0.259 e. The van der Waals surface area contributed by atoms with Gasteiger partial charge in [0.2, 0.25) is 0 Å². The molecule has 1 amide bonds. The van der Waals surface area contributed by atoms with Crippen LogP contribution < -0.4 is 5.32 Å². The molecule has 7 heteroatoms. The number of tetrazole rings is 1. The molecule has 1 N–H and O–H groups in total. The molecule has 7 nitrogen and oxygen atoms in total. The van der Waals surface area contributed by atoms with E-state index in [0.717, 1.165) is 30.0 Å². The third-order valence-electron chi connectivity index (χ3n) is 4.07. The molecule has 3 aromatic rings. The fraction of sp³-hybridized carbons (Fsp3) is 0.294. The van der Waals surface area contributed by atoms with Crippen molar-refractivity contribution in [3.63, 3.8) is 0 Å². The summed E-state index contributed by atoms with van der Waals surface area (Å²) in [7, 11) is 0. The Balaban J connectivity index is 1.52. The molecule has 0 bridgehead atoms. The lowest BCUT2D eigenvalue weighted by atomic mass is 10.1. The lowest BCUT2D eigenvalue weighted by Gasteiger charge is -2.06. The number of hydrogen-bond acceptors (Lipinski definition) is 5. The Hall–Kier alpha value is -2.96. The summed E-state index contributed by atoms with van der Waals surface area (Å²) in [6.45, 7) is 3.60. The van der Waals surface area contributed by atoms with Crippen LogP contribution in [0.15, 0.2) is 34.7 Å². The topological polar surface area (TPSA) is 85.8 Å². The molecule has 0 spiro atoms. The molecule has 0 radical (unpaired) electrons. The van der Waals surface area contributed by atoms with Gasteiger partial charge in [-0.25, -0.2) is 4.68 Å². The molecule has 1 fully saturated rings. The number of hydrogen-bond donors (Lipinski definition) is 1. The van der Waals surface area contributed by atoms with Gasteiger partial charge in [-0.3, -0.25) is 4.79 Å². The van der Waals surface area contributed by atoms with E-state index in [9.17, 15) is 4.79 Å². The van der Waals surface area contributed by atoms with Crippen LogP contribution in [-0.4, -0.2) is 26.1 Å². The van der Waals surface area contributed by atoms with E-state index in [1.54, 1.807) is 13.0 Å². The van der Waals surface area contributed by atoms with Crippen LogP contribution in [-0.2, 0) is 0 Å². The van der Waals surface area contributed by atoms with Gasteiger partial charge >= 0.3 is 0 Å². The summed E-state index contributed by atoms with van der Waals surface area (Å²) in [5.74, 6) is 1.92. The van der Waals surface area contributed by atoms with E-state index < -0.39 is 0 Å². The third kappa shape index (κ3) is 2.68. The first-order valence-corrected chi connectivity index (χ1v) is 7.88. The largest absolute Gasteiger partial charge is 0.466 e. The van der Waals surface area contributed by atoms with Gasteiger partial charge in [-0.1, -0.05) is 0 Å². The van der Waals surface area contributed by atoms with E-state index in [4.69, 9.17) is 4.42 Å². The molecule has 0 atom stereocenters. The van der Waals surface area contributed by atoms with E-state index in [-0.39, 0.29) is 5.91 Å². The molecule has 122 valence electrons. The summed E-state index contributed by atoms with van der Waals surface area (Å²) in [4.78, 5) is 12.3. The van der Waals surface area contributed by atoms with Crippen LogP contribution in [0, 0.1) is 13.8 Å². The Labute approximate surface area is 138 Å². The maximum Gasteiger partial charge on any atom is 0.259 e. The Morgan fingerprint density at radius 3 is 2.62 bits per heavy atom. The molecule has 2 aromatic heterocycles. The van der Waals surface area contributed by atoms with Gasteiger partial charge in [0.15, 0.2) is 5.82 Å². The SMILES string of the molecule is Cc1cc(C(=O)Nc2ccc(-c3nnnn3C3CC3)cc2)c(C)o1. The van der Waals surface area contributed by atoms with E-state index in [2.05, 4.69) is 20.8 Å². The van der Waals surface area contributed by atoms with Crippen LogP contribution in [0.25, 0.3) is 11.4 Å². The molecular weight excluding hydrogens is 306 g/mol. The summed E-state index contributed by atoms with van der Waals surface area (Å²) in [5.41, 5.74) is 2.20. The monoisotopic (exact) mass is 323 g/mol. The zero-order valence-corrected chi connectivity index (χ0v) is 13.5. The van der Waals surface area contributed by atoms with Gasteiger partial charge in [-0.2, -0.15) is 0 Å². The minimum absolute atomic E-state index is 0.181. The predicted octanol–water partition coefficient (Wildman–Crippen LogP) is 3.14. The molecule has 4 rings (SSSR count). The number of benzene rings is 1. The number of aryl methyl sites for hydroxylation is 2. The number of nitrogens with one attached hydrogen (secondary N) is 1. The first-order chi connectivity index (χ1) is 11.6. The van der Waals surface area contributed by atoms with Crippen LogP contribution in [0.5, 0.6) is 0 Å². The lowest BCUT2D eigenvalue weighted by molar-refractivity contribution is 0.102. The van der Waals surface area contributed by atoms with Crippen molar-refractivity contribution in [2.75, 3.05) is 5.32 Å². The van der Waals surface area contributed by atoms with Crippen molar-refractivity contribution in [1.29, 1.82) is 0 Å². The second kappa shape index (κ2) is 5.59. The highest BCUT2D eigenvalue weighted by molar-refractivity contribution is 6.05. The zero-order valence-electron chi connectivity index (χ0n) is 13.5. The number of rotatable bonds is 4. The fourth-order valence-corrected chi connectivity index (χ4v) is 2.71. The van der Waals surface area contributed by atoms with Gasteiger partial charge in [-0.05, 0) is 67.4 Å². The molecule has 24 heavy (non-hydrogen) atoms. The number of amides is 1. The summed E-state index contributed by atoms with van der Waals surface area (Å²) in [5, 5.41) is 14.8. The van der Waals surface area contributed by atoms with Gasteiger partial charge in [0.05, 0.1) is 11.6 Å². The first kappa shape index (κ1) is 14.6. The normalized spacial score (nSPS) is 13.9. The quantitative estimate of drug-likeness (QED) is 0.797. The van der Waals surface area contributed by atoms with Crippen LogP contribution in [0.3, 0.4) is 0 Å². The van der Waals surface area contributed by atoms with Crippen molar-refractivity contribution < 1.29 is 9.21 Å². The molecule has 0 saturated heterocycles. The molecular formula is C17H17N5O2. The summed E-state index contributed by atoms with van der Waals surface area (Å²) in [6.07, 6.45) is 2.24. The van der Waals surface area contributed by atoms with E-state index in [1.807, 2.05) is 35.9 Å². The molecule has 1 aliphatic rings. The molecule has 0 aliphatic heterocycles. The van der Waals surface area contributed by atoms with Gasteiger partial charge in [-0.15, -0.1) is 5.10 Å². The highest BCUT2D eigenvalue weighted by atomic mass is 16.3. The van der Waals surface area contributed by atoms with Crippen molar-refractivity contribution in [1.82, 2.24) is 20.2 Å². The minimum Gasteiger partial charge on any atom is -0.466 e. The Morgan fingerprint density at radius 1 is 1.25 bits per heavy atom. The molecule has 2 heterocycles. The fourth-order valence-electron chi connectivity index (χ4n) is 2.71. The summed E-state index contributed by atoms with van der Waals surface area (Å²) in [6, 6.07) is 9.68. The second-order valence-corrected chi connectivity index (χ2v) is 6.04. The number of nitrogens with zero attached hydrogens (tertiary/aromatic N) is 4. The zero-order chi connectivity index (χ0) is 16.7. The number of aromatic nitrogens is 4. The summed E-state index contributed by atoms with van der Waals surface area (Å²) >= 11 is 0. The van der Waals surface area contributed by atoms with Gasteiger partial charge in [0, 0.05) is 11.3 Å². The van der Waals surface area contributed by atoms with E-state index in [1.165, 1.54) is 0 Å². The van der Waals surface area contributed by atoms with Crippen molar-refractivity contribution in [2.24, 2.45) is 0 Å². The highest BCUT2D eigenvalue weighted by Crippen LogP contribution is 2.36. The van der Waals surface area contributed by atoms with E-state index in [0.29, 0.717) is 23.1 Å². The Bertz CT molecular complexity index is 890. The van der Waals surface area contributed by atoms with Crippen molar-refractivity contribution in [3.05, 3.63) is 47.4 Å². The first-order valence-electron chi connectivity index (χ1n) is 7.88. The second-order valence-electron chi connectivity index (χ2n) is 6.04. The van der Waals surface area contributed by atoms with Crippen molar-refractivity contribution >= 4 is 11.6 Å². The maximum absolute atomic E-state index is 12.3. The van der Waals surface area contributed by atoms with Crippen LogP contribution in [0.4, 0.5) is 5.69 Å². The van der Waals surface area contributed by atoms with Gasteiger partial charge < -0.3 is 9.73 Å². The van der Waals surface area contributed by atoms with Crippen molar-refractivity contribution in [3.8, 4) is 11.4 Å². The minimum atomic E-state index is -0.181. The highest BCUT2D eigenvalue weighted by Gasteiger charge is 2.28. The van der Waals surface area contributed by atoms with Crippen molar-refractivity contribution in [2.45, 2.75) is 32.7 Å². The average Bonchev–Trinajstić information content (AvgIpc) is 3.19. The molecule has 1 saturated carbocycles. The predicted molar refractivity (Wildman–Crippen MR) is 87.7 cm³/mol. The molecule has 0 unspecified atom stereocenters. The van der Waals surface area contributed by atoms with Gasteiger partial charge in [0.25, 0.3) is 5.91 Å². The number of carbonyl (C=O) groups excluding carboxylic acids is 1. The Morgan fingerprint density at radius 2 is 2.00 bits per heavy atom. The Kier molecular flexibility index (Phi) is 3.41. The summed E-state index contributed by atoms with van der Waals surface area (Å²) < 4.78 is 7.26. The van der Waals surface area contributed by atoms with E-state index >= 15 is 0 Å². The molecule has 1 aliphatic carbocycles. The maximum atomic E-state index is 12.3. The number of furan rings is 1. The van der Waals surface area contributed by atoms with Gasteiger partial charge in [0.1, 0.15) is 11.5 Å². The van der Waals surface area contributed by atoms with Crippen LogP contribution >= 0.6 is 0 Å². The van der Waals surface area contributed by atoms with Crippen LogP contribution in [0.1, 0.15) is 40.8 Å². The standard InChI is InChI=1S/C17H17N5O2/c1-10-9-15(11(2)24-10)17(23)18-13-5-3-12(4-6-13)16-19-20-21-22(16)14-7-8-14/h3-6,9,14H,7-8H2,1-2H3,(H,18,23). The lowest BCUT2D eigenvalue weighted by Crippen LogP contribution is -2.12. The number of carbonyl (C=O) groups is 1.